The molecule has 2 rings (SSSR count). The number of piperidine rings is 1. The Balaban J connectivity index is 1.89. The van der Waals surface area contributed by atoms with Crippen LogP contribution in [0.4, 0.5) is 4.79 Å². The van der Waals surface area contributed by atoms with Crippen molar-refractivity contribution >= 4 is 12.0 Å². The molecule has 2 aliphatic rings. The van der Waals surface area contributed by atoms with Crippen molar-refractivity contribution < 1.29 is 14.7 Å². The summed E-state index contributed by atoms with van der Waals surface area (Å²) in [4.78, 5) is 23.4. The average molecular weight is 269 g/mol. The molecule has 1 saturated carbocycles. The van der Waals surface area contributed by atoms with Crippen LogP contribution in [0.25, 0.3) is 0 Å². The lowest BCUT2D eigenvalue weighted by molar-refractivity contribution is -0.145. The number of carboxylic acid groups (broad SMARTS) is 1. The molecule has 1 heterocycles. The average Bonchev–Trinajstić information content (AvgIpc) is 2.40. The lowest BCUT2D eigenvalue weighted by atomic mass is 9.82. The van der Waals surface area contributed by atoms with Crippen molar-refractivity contribution in [2.45, 2.75) is 56.9 Å². The first kappa shape index (κ1) is 14.1. The second-order valence-electron chi connectivity index (χ2n) is 5.56. The van der Waals surface area contributed by atoms with Gasteiger partial charge in [0.05, 0.1) is 0 Å². The van der Waals surface area contributed by atoms with E-state index >= 15 is 0 Å². The van der Waals surface area contributed by atoms with Gasteiger partial charge in [-0.05, 0) is 25.7 Å². The third-order valence-electron chi connectivity index (χ3n) is 4.09. The number of carbonyl (C=O) groups is 2. The predicted molar refractivity (Wildman–Crippen MR) is 70.5 cm³/mol. The highest BCUT2D eigenvalue weighted by Gasteiger charge is 2.41. The smallest absolute Gasteiger partial charge is 0.330 e. The Hall–Kier alpha value is -1.30. The Labute approximate surface area is 113 Å². The lowest BCUT2D eigenvalue weighted by Gasteiger charge is -2.35. The minimum absolute atomic E-state index is 0.383. The molecule has 0 aromatic rings. The number of hydrogen-bond acceptors (Lipinski definition) is 3. The first-order valence-corrected chi connectivity index (χ1v) is 7.20. The van der Waals surface area contributed by atoms with E-state index in [0.29, 0.717) is 12.8 Å². The molecule has 6 heteroatoms. The van der Waals surface area contributed by atoms with E-state index in [0.717, 1.165) is 45.2 Å². The standard InChI is InChI=1S/C13H23N3O3/c17-11(18)13(7-3-1-4-8-13)14-12(19)15-16-9-5-2-6-10-16/h1-10H2,(H,17,18)(H2,14,15,19). The molecular formula is C13H23N3O3. The Morgan fingerprint density at radius 2 is 1.53 bits per heavy atom. The molecular weight excluding hydrogens is 246 g/mol. The summed E-state index contributed by atoms with van der Waals surface area (Å²) in [6, 6.07) is -0.383. The minimum atomic E-state index is -1.07. The zero-order valence-corrected chi connectivity index (χ0v) is 11.3. The molecule has 0 bridgehead atoms. The van der Waals surface area contributed by atoms with E-state index in [1.807, 2.05) is 5.01 Å². The monoisotopic (exact) mass is 269 g/mol. The SMILES string of the molecule is O=C(NN1CCCCC1)NC1(C(=O)O)CCCCC1. The van der Waals surface area contributed by atoms with E-state index in [1.54, 1.807) is 0 Å². The van der Waals surface area contributed by atoms with Gasteiger partial charge in [-0.15, -0.1) is 0 Å². The highest BCUT2D eigenvalue weighted by molar-refractivity contribution is 5.86. The summed E-state index contributed by atoms with van der Waals surface area (Å²) in [6.07, 6.45) is 7.15. The molecule has 2 fully saturated rings. The number of hydrogen-bond donors (Lipinski definition) is 3. The molecule has 0 radical (unpaired) electrons. The second-order valence-corrected chi connectivity index (χ2v) is 5.56. The second kappa shape index (κ2) is 6.23. The van der Waals surface area contributed by atoms with Gasteiger partial charge >= 0.3 is 12.0 Å². The third kappa shape index (κ3) is 3.59. The maximum atomic E-state index is 12.0. The molecule has 0 unspecified atom stereocenters. The number of nitrogens with zero attached hydrogens (tertiary/aromatic N) is 1. The normalized spacial score (nSPS) is 23.6. The molecule has 3 N–H and O–H groups in total. The summed E-state index contributed by atoms with van der Waals surface area (Å²) < 4.78 is 0. The van der Waals surface area contributed by atoms with Crippen LogP contribution in [0.1, 0.15) is 51.4 Å². The number of rotatable bonds is 3. The fourth-order valence-corrected chi connectivity index (χ4v) is 2.94. The van der Waals surface area contributed by atoms with Gasteiger partial charge in [-0.3, -0.25) is 5.43 Å². The van der Waals surface area contributed by atoms with E-state index in [1.165, 1.54) is 6.42 Å². The number of aliphatic carboxylic acids is 1. The van der Waals surface area contributed by atoms with E-state index in [9.17, 15) is 14.7 Å². The number of amides is 2. The quantitative estimate of drug-likeness (QED) is 0.724. The van der Waals surface area contributed by atoms with Gasteiger partial charge in [0.25, 0.3) is 0 Å². The fourth-order valence-electron chi connectivity index (χ4n) is 2.94. The van der Waals surface area contributed by atoms with Crippen molar-refractivity contribution in [2.24, 2.45) is 0 Å². The van der Waals surface area contributed by atoms with Gasteiger partial charge in [0, 0.05) is 13.1 Å². The Morgan fingerprint density at radius 1 is 0.947 bits per heavy atom. The van der Waals surface area contributed by atoms with Crippen LogP contribution in [-0.2, 0) is 4.79 Å². The minimum Gasteiger partial charge on any atom is -0.480 e. The summed E-state index contributed by atoms with van der Waals surface area (Å²) in [5.41, 5.74) is 1.69. The summed E-state index contributed by atoms with van der Waals surface area (Å²) in [6.45, 7) is 1.68. The van der Waals surface area contributed by atoms with Crippen molar-refractivity contribution in [1.82, 2.24) is 15.8 Å². The Kier molecular flexibility index (Phi) is 4.63. The highest BCUT2D eigenvalue weighted by atomic mass is 16.4. The molecule has 0 spiro atoms. The van der Waals surface area contributed by atoms with Gasteiger partial charge in [-0.1, -0.05) is 25.7 Å². The number of urea groups is 1. The molecule has 19 heavy (non-hydrogen) atoms. The Bertz CT molecular complexity index is 334. The zero-order valence-electron chi connectivity index (χ0n) is 11.3. The first-order chi connectivity index (χ1) is 9.12. The Morgan fingerprint density at radius 3 is 2.11 bits per heavy atom. The number of carboxylic acids is 1. The van der Waals surface area contributed by atoms with Gasteiger partial charge in [-0.25, -0.2) is 14.6 Å². The molecule has 0 aromatic heterocycles. The van der Waals surface area contributed by atoms with Crippen molar-refractivity contribution in [1.29, 1.82) is 0 Å². The third-order valence-corrected chi connectivity index (χ3v) is 4.09. The van der Waals surface area contributed by atoms with E-state index in [4.69, 9.17) is 0 Å². The van der Waals surface area contributed by atoms with Crippen molar-refractivity contribution in [3.63, 3.8) is 0 Å². The van der Waals surface area contributed by atoms with Gasteiger partial charge in [0.1, 0.15) is 5.54 Å². The number of nitrogens with one attached hydrogen (secondary N) is 2. The summed E-state index contributed by atoms with van der Waals surface area (Å²) in [5, 5.41) is 13.9. The molecule has 1 aliphatic carbocycles. The van der Waals surface area contributed by atoms with Crippen molar-refractivity contribution in [2.75, 3.05) is 13.1 Å². The van der Waals surface area contributed by atoms with Crippen LogP contribution in [0.2, 0.25) is 0 Å². The van der Waals surface area contributed by atoms with Crippen LogP contribution in [0.3, 0.4) is 0 Å². The molecule has 1 saturated heterocycles. The summed E-state index contributed by atoms with van der Waals surface area (Å²) in [5.74, 6) is -0.916. The molecule has 2 amide bonds. The van der Waals surface area contributed by atoms with Gasteiger partial charge < -0.3 is 10.4 Å². The molecule has 0 atom stereocenters. The first-order valence-electron chi connectivity index (χ1n) is 7.20. The topological polar surface area (TPSA) is 81.7 Å². The molecule has 0 aromatic carbocycles. The largest absolute Gasteiger partial charge is 0.480 e. The van der Waals surface area contributed by atoms with Crippen molar-refractivity contribution in [3.05, 3.63) is 0 Å². The van der Waals surface area contributed by atoms with Crippen LogP contribution in [0.5, 0.6) is 0 Å². The van der Waals surface area contributed by atoms with E-state index in [-0.39, 0.29) is 6.03 Å². The zero-order chi connectivity index (χ0) is 13.7. The molecule has 108 valence electrons. The summed E-state index contributed by atoms with van der Waals surface area (Å²) >= 11 is 0. The van der Waals surface area contributed by atoms with Gasteiger partial charge in [0.2, 0.25) is 0 Å². The van der Waals surface area contributed by atoms with E-state index < -0.39 is 11.5 Å². The van der Waals surface area contributed by atoms with Crippen LogP contribution < -0.4 is 10.7 Å². The van der Waals surface area contributed by atoms with Crippen molar-refractivity contribution in [3.8, 4) is 0 Å². The number of carbonyl (C=O) groups excluding carboxylic acids is 1. The van der Waals surface area contributed by atoms with Crippen LogP contribution in [-0.4, -0.2) is 40.7 Å². The van der Waals surface area contributed by atoms with Gasteiger partial charge in [-0.2, -0.15) is 0 Å². The van der Waals surface area contributed by atoms with Crippen LogP contribution >= 0.6 is 0 Å². The predicted octanol–water partition coefficient (Wildman–Crippen LogP) is 1.47. The molecule has 1 aliphatic heterocycles. The van der Waals surface area contributed by atoms with Gasteiger partial charge in [0.15, 0.2) is 0 Å². The fraction of sp³-hybridized carbons (Fsp3) is 0.846. The van der Waals surface area contributed by atoms with Crippen LogP contribution in [0.15, 0.2) is 0 Å². The highest BCUT2D eigenvalue weighted by Crippen LogP contribution is 2.28. The van der Waals surface area contributed by atoms with E-state index in [2.05, 4.69) is 10.7 Å². The lowest BCUT2D eigenvalue weighted by Crippen LogP contribution is -2.60. The molecule has 6 nitrogen and oxygen atoms in total. The number of hydrazine groups is 1. The maximum Gasteiger partial charge on any atom is 0.330 e. The maximum absolute atomic E-state index is 12.0. The summed E-state index contributed by atoms with van der Waals surface area (Å²) in [7, 11) is 0. The van der Waals surface area contributed by atoms with Crippen LogP contribution in [0, 0.1) is 0 Å².